The van der Waals surface area contributed by atoms with E-state index in [1.165, 1.54) is 6.92 Å². The lowest BCUT2D eigenvalue weighted by atomic mass is 10.1. The number of anilines is 1. The third-order valence-corrected chi connectivity index (χ3v) is 2.44. The fourth-order valence-electron chi connectivity index (χ4n) is 1.47. The number of nitrogen functional groups attached to an aromatic ring is 1. The van der Waals surface area contributed by atoms with Crippen molar-refractivity contribution in [2.24, 2.45) is 0 Å². The summed E-state index contributed by atoms with van der Waals surface area (Å²) in [5.74, 6) is -0.108. The summed E-state index contributed by atoms with van der Waals surface area (Å²) in [4.78, 5) is 22.1. The van der Waals surface area contributed by atoms with Crippen LogP contribution in [0.15, 0.2) is 24.3 Å². The van der Waals surface area contributed by atoms with Crippen LogP contribution < -0.4 is 16.4 Å². The Balaban J connectivity index is 2.17. The minimum absolute atomic E-state index is 0.0165. The lowest BCUT2D eigenvalue weighted by Gasteiger charge is -2.06. The predicted octanol–water partition coefficient (Wildman–Crippen LogP) is 0.454. The molecule has 0 saturated heterocycles. The van der Waals surface area contributed by atoms with Crippen molar-refractivity contribution >= 4 is 17.5 Å². The van der Waals surface area contributed by atoms with E-state index in [-0.39, 0.29) is 11.8 Å². The molecule has 0 aliphatic heterocycles. The number of amides is 2. The highest BCUT2D eigenvalue weighted by atomic mass is 16.2. The smallest absolute Gasteiger partial charge is 0.220 e. The second-order valence-electron chi connectivity index (χ2n) is 4.07. The first-order valence-corrected chi connectivity index (χ1v) is 5.93. The molecule has 0 atom stereocenters. The van der Waals surface area contributed by atoms with E-state index in [1.54, 1.807) is 0 Å². The lowest BCUT2D eigenvalue weighted by Crippen LogP contribution is -2.33. The molecule has 2 amide bonds. The molecule has 0 spiro atoms. The molecule has 0 heterocycles. The Morgan fingerprint density at radius 2 is 1.72 bits per heavy atom. The number of hydrogen-bond acceptors (Lipinski definition) is 3. The van der Waals surface area contributed by atoms with Crippen LogP contribution in [-0.2, 0) is 16.0 Å². The molecule has 0 aromatic heterocycles. The van der Waals surface area contributed by atoms with Crippen molar-refractivity contribution < 1.29 is 9.59 Å². The molecule has 0 radical (unpaired) electrons. The quantitative estimate of drug-likeness (QED) is 0.505. The SMILES string of the molecule is CC(=O)NCCNC(=O)CCc1ccc(N)cc1. The van der Waals surface area contributed by atoms with Crippen LogP contribution in [0.4, 0.5) is 5.69 Å². The topological polar surface area (TPSA) is 84.2 Å². The van der Waals surface area contributed by atoms with Crippen LogP contribution >= 0.6 is 0 Å². The first-order valence-electron chi connectivity index (χ1n) is 5.93. The van der Waals surface area contributed by atoms with Gasteiger partial charge in [0.25, 0.3) is 0 Å². The van der Waals surface area contributed by atoms with Gasteiger partial charge in [-0.25, -0.2) is 0 Å². The van der Waals surface area contributed by atoms with Gasteiger partial charge in [0.2, 0.25) is 11.8 Å². The van der Waals surface area contributed by atoms with Crippen LogP contribution in [0.1, 0.15) is 18.9 Å². The molecule has 1 rings (SSSR count). The molecular formula is C13H19N3O2. The van der Waals surface area contributed by atoms with E-state index < -0.39 is 0 Å². The number of hydrogen-bond donors (Lipinski definition) is 3. The number of rotatable bonds is 6. The zero-order valence-electron chi connectivity index (χ0n) is 10.5. The van der Waals surface area contributed by atoms with Crippen LogP contribution in [0.25, 0.3) is 0 Å². The Hall–Kier alpha value is -2.04. The summed E-state index contributed by atoms with van der Waals surface area (Å²) >= 11 is 0. The van der Waals surface area contributed by atoms with Gasteiger partial charge in [-0.05, 0) is 24.1 Å². The van der Waals surface area contributed by atoms with Gasteiger partial charge in [0.15, 0.2) is 0 Å². The van der Waals surface area contributed by atoms with Crippen molar-refractivity contribution in [2.75, 3.05) is 18.8 Å². The zero-order chi connectivity index (χ0) is 13.4. The van der Waals surface area contributed by atoms with Crippen molar-refractivity contribution in [2.45, 2.75) is 19.8 Å². The lowest BCUT2D eigenvalue weighted by molar-refractivity contribution is -0.122. The third-order valence-electron chi connectivity index (χ3n) is 2.44. The van der Waals surface area contributed by atoms with Gasteiger partial charge in [-0.1, -0.05) is 12.1 Å². The largest absolute Gasteiger partial charge is 0.399 e. The maximum absolute atomic E-state index is 11.5. The fourth-order valence-corrected chi connectivity index (χ4v) is 1.47. The maximum Gasteiger partial charge on any atom is 0.220 e. The second kappa shape index (κ2) is 7.32. The molecule has 0 fully saturated rings. The number of nitrogens with one attached hydrogen (secondary N) is 2. The van der Waals surface area contributed by atoms with Crippen LogP contribution in [-0.4, -0.2) is 24.9 Å². The average molecular weight is 249 g/mol. The first kappa shape index (κ1) is 14.0. The second-order valence-corrected chi connectivity index (χ2v) is 4.07. The zero-order valence-corrected chi connectivity index (χ0v) is 10.5. The Morgan fingerprint density at radius 1 is 1.11 bits per heavy atom. The molecule has 0 saturated carbocycles. The Labute approximate surface area is 107 Å². The van der Waals surface area contributed by atoms with Crippen molar-refractivity contribution in [1.29, 1.82) is 0 Å². The molecular weight excluding hydrogens is 230 g/mol. The molecule has 18 heavy (non-hydrogen) atoms. The summed E-state index contributed by atoms with van der Waals surface area (Å²) in [5.41, 5.74) is 7.38. The fraction of sp³-hybridized carbons (Fsp3) is 0.385. The van der Waals surface area contributed by atoms with E-state index in [0.29, 0.717) is 25.9 Å². The molecule has 5 heteroatoms. The summed E-state index contributed by atoms with van der Waals surface area (Å²) in [7, 11) is 0. The number of benzene rings is 1. The molecule has 1 aromatic carbocycles. The normalized spacial score (nSPS) is 9.83. The summed E-state index contributed by atoms with van der Waals surface area (Å²) in [6.07, 6.45) is 1.12. The van der Waals surface area contributed by atoms with Crippen LogP contribution in [0, 0.1) is 0 Å². The van der Waals surface area contributed by atoms with Crippen LogP contribution in [0.3, 0.4) is 0 Å². The van der Waals surface area contributed by atoms with Gasteiger partial charge in [0.1, 0.15) is 0 Å². The highest BCUT2D eigenvalue weighted by molar-refractivity contribution is 5.76. The monoisotopic (exact) mass is 249 g/mol. The summed E-state index contributed by atoms with van der Waals surface area (Å²) in [6.45, 7) is 2.37. The standard InChI is InChI=1S/C13H19N3O2/c1-10(17)15-8-9-16-13(18)7-4-11-2-5-12(14)6-3-11/h2-3,5-6H,4,7-9,14H2,1H3,(H,15,17)(H,16,18). The van der Waals surface area contributed by atoms with Crippen LogP contribution in [0.2, 0.25) is 0 Å². The highest BCUT2D eigenvalue weighted by Gasteiger charge is 2.01. The van der Waals surface area contributed by atoms with Crippen molar-refractivity contribution in [3.8, 4) is 0 Å². The molecule has 1 aromatic rings. The molecule has 0 bridgehead atoms. The Bertz CT molecular complexity index is 401. The minimum Gasteiger partial charge on any atom is -0.399 e. The van der Waals surface area contributed by atoms with Crippen molar-refractivity contribution in [3.63, 3.8) is 0 Å². The number of nitrogens with two attached hydrogens (primary N) is 1. The van der Waals surface area contributed by atoms with E-state index in [4.69, 9.17) is 5.73 Å². The molecule has 0 aliphatic carbocycles. The summed E-state index contributed by atoms with van der Waals surface area (Å²) < 4.78 is 0. The van der Waals surface area contributed by atoms with Gasteiger partial charge < -0.3 is 16.4 Å². The van der Waals surface area contributed by atoms with E-state index >= 15 is 0 Å². The van der Waals surface area contributed by atoms with E-state index in [2.05, 4.69) is 10.6 Å². The minimum atomic E-state index is -0.0916. The Kier molecular flexibility index (Phi) is 5.70. The number of carbonyl (C=O) groups is 2. The molecule has 5 nitrogen and oxygen atoms in total. The third kappa shape index (κ3) is 5.89. The van der Waals surface area contributed by atoms with E-state index in [1.807, 2.05) is 24.3 Å². The summed E-state index contributed by atoms with van der Waals surface area (Å²) in [6, 6.07) is 7.48. The average Bonchev–Trinajstić information content (AvgIpc) is 2.34. The Morgan fingerprint density at radius 3 is 2.33 bits per heavy atom. The van der Waals surface area contributed by atoms with E-state index in [9.17, 15) is 9.59 Å². The van der Waals surface area contributed by atoms with Gasteiger partial charge in [0.05, 0.1) is 0 Å². The van der Waals surface area contributed by atoms with Gasteiger partial charge in [-0.15, -0.1) is 0 Å². The summed E-state index contributed by atoms with van der Waals surface area (Å²) in [5, 5.41) is 5.35. The van der Waals surface area contributed by atoms with Gasteiger partial charge in [-0.2, -0.15) is 0 Å². The first-order chi connectivity index (χ1) is 8.58. The van der Waals surface area contributed by atoms with E-state index in [0.717, 1.165) is 11.3 Å². The van der Waals surface area contributed by atoms with Crippen molar-refractivity contribution in [3.05, 3.63) is 29.8 Å². The van der Waals surface area contributed by atoms with Crippen molar-refractivity contribution in [1.82, 2.24) is 10.6 Å². The maximum atomic E-state index is 11.5. The van der Waals surface area contributed by atoms with Gasteiger partial charge in [-0.3, -0.25) is 9.59 Å². The molecule has 0 unspecified atom stereocenters. The van der Waals surface area contributed by atoms with Crippen LogP contribution in [0.5, 0.6) is 0 Å². The predicted molar refractivity (Wildman–Crippen MR) is 70.9 cm³/mol. The van der Waals surface area contributed by atoms with Gasteiger partial charge >= 0.3 is 0 Å². The molecule has 4 N–H and O–H groups in total. The highest BCUT2D eigenvalue weighted by Crippen LogP contribution is 2.07. The van der Waals surface area contributed by atoms with Gasteiger partial charge in [0, 0.05) is 32.1 Å². The molecule has 98 valence electrons. The number of carbonyl (C=O) groups excluding carboxylic acids is 2. The number of aryl methyl sites for hydroxylation is 1. The molecule has 0 aliphatic rings.